The van der Waals surface area contributed by atoms with Crippen LogP contribution in [0.1, 0.15) is 36.1 Å². The van der Waals surface area contributed by atoms with Gasteiger partial charge in [0, 0.05) is 5.69 Å². The molecule has 0 saturated carbocycles. The van der Waals surface area contributed by atoms with E-state index in [4.69, 9.17) is 14.2 Å². The van der Waals surface area contributed by atoms with E-state index in [1.807, 2.05) is 36.4 Å². The summed E-state index contributed by atoms with van der Waals surface area (Å²) in [7, 11) is 4.68. The Kier molecular flexibility index (Phi) is 8.21. The number of aliphatic hydroxyl groups excluding tert-OH is 1. The molecule has 3 atom stereocenters. The van der Waals surface area contributed by atoms with E-state index in [0.717, 1.165) is 16.7 Å². The molecule has 8 heteroatoms. The zero-order valence-electron chi connectivity index (χ0n) is 23.0. The first-order valence-corrected chi connectivity index (χ1v) is 13.3. The molecule has 2 unspecified atom stereocenters. The van der Waals surface area contributed by atoms with E-state index in [1.54, 1.807) is 50.5 Å². The monoisotopic (exact) mass is 559 g/mol. The van der Waals surface area contributed by atoms with E-state index in [9.17, 15) is 18.7 Å². The Labute approximate surface area is 237 Å². The zero-order chi connectivity index (χ0) is 29.1. The first-order chi connectivity index (χ1) is 19.8. The normalized spacial score (nSPS) is 17.1. The smallest absolute Gasteiger partial charge is 0.233 e. The predicted molar refractivity (Wildman–Crippen MR) is 152 cm³/mol. The van der Waals surface area contributed by atoms with Crippen LogP contribution in [0.15, 0.2) is 84.9 Å². The lowest BCUT2D eigenvalue weighted by atomic mass is 9.78. The van der Waals surface area contributed by atoms with Gasteiger partial charge in [-0.3, -0.25) is 4.79 Å². The summed E-state index contributed by atoms with van der Waals surface area (Å²) >= 11 is 0. The minimum absolute atomic E-state index is 0.0957. The molecule has 1 aliphatic heterocycles. The Balaban J connectivity index is 1.43. The molecule has 4 aromatic carbocycles. The first-order valence-electron chi connectivity index (χ1n) is 13.3. The van der Waals surface area contributed by atoms with Gasteiger partial charge in [-0.05, 0) is 83.6 Å². The van der Waals surface area contributed by atoms with Crippen molar-refractivity contribution in [1.29, 1.82) is 0 Å². The summed E-state index contributed by atoms with van der Waals surface area (Å²) in [6, 6.07) is 22.9. The molecule has 0 aliphatic carbocycles. The first kappa shape index (κ1) is 28.1. The molecule has 1 saturated heterocycles. The summed E-state index contributed by atoms with van der Waals surface area (Å²) in [6.45, 7) is 0. The number of methoxy groups -OCH3 is 3. The van der Waals surface area contributed by atoms with Crippen molar-refractivity contribution in [2.24, 2.45) is 5.92 Å². The number of ether oxygens (including phenoxy) is 3. The van der Waals surface area contributed by atoms with Crippen molar-refractivity contribution in [3.8, 4) is 28.4 Å². The molecule has 1 fully saturated rings. The van der Waals surface area contributed by atoms with Crippen LogP contribution in [0.25, 0.3) is 11.1 Å². The van der Waals surface area contributed by atoms with E-state index in [0.29, 0.717) is 41.3 Å². The Morgan fingerprint density at radius 3 is 1.88 bits per heavy atom. The van der Waals surface area contributed by atoms with E-state index in [-0.39, 0.29) is 29.5 Å². The summed E-state index contributed by atoms with van der Waals surface area (Å²) in [4.78, 5) is 15.0. The van der Waals surface area contributed by atoms with Gasteiger partial charge in [0.25, 0.3) is 0 Å². The van der Waals surface area contributed by atoms with Gasteiger partial charge in [0.1, 0.15) is 11.6 Å². The number of carbonyl (C=O) groups excluding carboxylic acids is 1. The highest BCUT2D eigenvalue weighted by molar-refractivity contribution is 6.03. The van der Waals surface area contributed by atoms with Crippen LogP contribution in [-0.2, 0) is 4.79 Å². The van der Waals surface area contributed by atoms with Crippen molar-refractivity contribution in [2.75, 3.05) is 26.2 Å². The molecule has 1 heterocycles. The Hall–Kier alpha value is -4.43. The second kappa shape index (κ2) is 12.0. The van der Waals surface area contributed by atoms with Crippen LogP contribution >= 0.6 is 0 Å². The number of nitrogens with zero attached hydrogens (tertiary/aromatic N) is 1. The molecule has 41 heavy (non-hydrogen) atoms. The summed E-state index contributed by atoms with van der Waals surface area (Å²) < 4.78 is 43.4. The molecule has 1 amide bonds. The van der Waals surface area contributed by atoms with Gasteiger partial charge in [-0.2, -0.15) is 0 Å². The molecule has 5 rings (SSSR count). The molecule has 1 N–H and O–H groups in total. The number of amides is 1. The molecule has 0 aromatic heterocycles. The second-order valence-electron chi connectivity index (χ2n) is 9.92. The van der Waals surface area contributed by atoms with Gasteiger partial charge < -0.3 is 24.2 Å². The van der Waals surface area contributed by atoms with Crippen molar-refractivity contribution in [3.05, 3.63) is 108 Å². The van der Waals surface area contributed by atoms with E-state index in [2.05, 4.69) is 0 Å². The molecule has 0 radical (unpaired) electrons. The van der Waals surface area contributed by atoms with Gasteiger partial charge in [0.2, 0.25) is 11.7 Å². The lowest BCUT2D eigenvalue weighted by molar-refractivity contribution is -0.131. The van der Waals surface area contributed by atoms with Crippen molar-refractivity contribution < 1.29 is 32.9 Å². The Morgan fingerprint density at radius 1 is 0.780 bits per heavy atom. The van der Waals surface area contributed by atoms with Crippen molar-refractivity contribution in [3.63, 3.8) is 0 Å². The standard InChI is InChI=1S/C33H31F2NO5/c1-39-29-18-23(19-30(40-2)32(29)41-3)20-4-6-22(7-5-20)31-27(16-17-28(37)21-8-10-24(34)11-9-21)33(38)36(31)26-14-12-25(35)13-15-26/h4-15,18-19,27-28,31,37H,16-17H2,1-3H3/t27?,28-,31?/m0/s1. The summed E-state index contributed by atoms with van der Waals surface area (Å²) in [5.41, 5.74) is 3.89. The third-order valence-electron chi connectivity index (χ3n) is 7.57. The SMILES string of the molecule is COc1cc(-c2ccc(C3C(CC[C@H](O)c4ccc(F)cc4)C(=O)N3c3ccc(F)cc3)cc2)cc(OC)c1OC. The second-order valence-corrected chi connectivity index (χ2v) is 9.92. The number of halogens is 2. The number of carbonyl (C=O) groups is 1. The third kappa shape index (κ3) is 5.60. The fourth-order valence-electron chi connectivity index (χ4n) is 5.41. The van der Waals surface area contributed by atoms with Crippen LogP contribution in [-0.4, -0.2) is 32.3 Å². The number of benzene rings is 4. The summed E-state index contributed by atoms with van der Waals surface area (Å²) in [5, 5.41) is 10.7. The Bertz CT molecular complexity index is 1480. The van der Waals surface area contributed by atoms with Crippen molar-refractivity contribution in [2.45, 2.75) is 25.0 Å². The lowest BCUT2D eigenvalue weighted by Crippen LogP contribution is -2.55. The van der Waals surface area contributed by atoms with Gasteiger partial charge in [-0.1, -0.05) is 36.4 Å². The highest BCUT2D eigenvalue weighted by atomic mass is 19.1. The number of aliphatic hydroxyl groups is 1. The highest BCUT2D eigenvalue weighted by Gasteiger charge is 2.48. The summed E-state index contributed by atoms with van der Waals surface area (Å²) in [6.07, 6.45) is -0.0698. The van der Waals surface area contributed by atoms with Crippen LogP contribution in [0.4, 0.5) is 14.5 Å². The highest BCUT2D eigenvalue weighted by Crippen LogP contribution is 2.47. The van der Waals surface area contributed by atoms with Crippen molar-refractivity contribution >= 4 is 11.6 Å². The minimum atomic E-state index is -0.827. The van der Waals surface area contributed by atoms with Crippen LogP contribution in [0, 0.1) is 17.6 Å². The van der Waals surface area contributed by atoms with E-state index < -0.39 is 6.10 Å². The Morgan fingerprint density at radius 2 is 1.34 bits per heavy atom. The number of rotatable bonds is 10. The molecule has 212 valence electrons. The van der Waals surface area contributed by atoms with Gasteiger partial charge in [-0.15, -0.1) is 0 Å². The topological polar surface area (TPSA) is 68.2 Å². The van der Waals surface area contributed by atoms with Crippen LogP contribution < -0.4 is 19.1 Å². The minimum Gasteiger partial charge on any atom is -0.493 e. The van der Waals surface area contributed by atoms with Crippen molar-refractivity contribution in [1.82, 2.24) is 0 Å². The number of hydrogen-bond donors (Lipinski definition) is 1. The van der Waals surface area contributed by atoms with Crippen LogP contribution in [0.5, 0.6) is 17.2 Å². The van der Waals surface area contributed by atoms with Gasteiger partial charge in [0.15, 0.2) is 11.5 Å². The van der Waals surface area contributed by atoms with Gasteiger partial charge >= 0.3 is 0 Å². The van der Waals surface area contributed by atoms with Crippen LogP contribution in [0.3, 0.4) is 0 Å². The molecule has 4 aromatic rings. The molecule has 6 nitrogen and oxygen atoms in total. The molecule has 0 bridgehead atoms. The average molecular weight is 560 g/mol. The fraction of sp³-hybridized carbons (Fsp3) is 0.242. The maximum Gasteiger partial charge on any atom is 0.233 e. The van der Waals surface area contributed by atoms with Gasteiger partial charge in [0.05, 0.1) is 39.4 Å². The van der Waals surface area contributed by atoms with E-state index >= 15 is 0 Å². The molecule has 1 aliphatic rings. The van der Waals surface area contributed by atoms with E-state index in [1.165, 1.54) is 24.3 Å². The number of β-lactam (4-membered cyclic amide) rings is 1. The number of hydrogen-bond acceptors (Lipinski definition) is 5. The third-order valence-corrected chi connectivity index (χ3v) is 7.57. The maximum absolute atomic E-state index is 13.6. The predicted octanol–water partition coefficient (Wildman–Crippen LogP) is 6.88. The maximum atomic E-state index is 13.6. The summed E-state index contributed by atoms with van der Waals surface area (Å²) in [5.74, 6) is 0.343. The van der Waals surface area contributed by atoms with Gasteiger partial charge in [-0.25, -0.2) is 8.78 Å². The lowest BCUT2D eigenvalue weighted by Gasteiger charge is -2.48. The quantitative estimate of drug-likeness (QED) is 0.215. The van der Waals surface area contributed by atoms with Crippen LogP contribution in [0.2, 0.25) is 0 Å². The molecular weight excluding hydrogens is 528 g/mol. The largest absolute Gasteiger partial charge is 0.493 e. The molecule has 0 spiro atoms. The number of anilines is 1. The zero-order valence-corrected chi connectivity index (χ0v) is 23.0. The molecular formula is C33H31F2NO5. The average Bonchev–Trinajstić information content (AvgIpc) is 3.00. The fourth-order valence-corrected chi connectivity index (χ4v) is 5.41.